The van der Waals surface area contributed by atoms with Gasteiger partial charge in [-0.25, -0.2) is 0 Å². The van der Waals surface area contributed by atoms with Crippen molar-refractivity contribution in [3.8, 4) is 11.6 Å². The topological polar surface area (TPSA) is 81.3 Å². The molecule has 0 amide bonds. The molecule has 1 aliphatic heterocycles. The van der Waals surface area contributed by atoms with Crippen LogP contribution < -0.4 is 14.8 Å². The summed E-state index contributed by atoms with van der Waals surface area (Å²) in [5.41, 5.74) is -0.281. The van der Waals surface area contributed by atoms with Gasteiger partial charge in [-0.05, 0) is 12.1 Å². The van der Waals surface area contributed by atoms with E-state index in [2.05, 4.69) is 20.3 Å². The number of halogens is 3. The lowest BCUT2D eigenvalue weighted by atomic mass is 10.2. The smallest absolute Gasteiger partial charge is 0.418 e. The normalized spacial score (nSPS) is 17.1. The Morgan fingerprint density at radius 1 is 1.25 bits per heavy atom. The van der Waals surface area contributed by atoms with Crippen LogP contribution in [0, 0.1) is 0 Å². The minimum Gasteiger partial charge on any atom is -0.495 e. The van der Waals surface area contributed by atoms with E-state index in [1.54, 1.807) is 24.3 Å². The Labute approximate surface area is 157 Å². The highest BCUT2D eigenvalue weighted by Gasteiger charge is 2.36. The van der Waals surface area contributed by atoms with Crippen molar-refractivity contribution in [2.45, 2.75) is 18.7 Å². The Morgan fingerprint density at radius 2 is 2.07 bits per heavy atom. The molecular weight excluding hydrogens is 377 g/mol. The highest BCUT2D eigenvalue weighted by molar-refractivity contribution is 5.87. The number of hydrogen-bond donors (Lipinski definition) is 2. The number of hydrogen-bond acceptors (Lipinski definition) is 6. The van der Waals surface area contributed by atoms with Gasteiger partial charge in [-0.2, -0.15) is 23.1 Å². The maximum Gasteiger partial charge on any atom is 0.418 e. The molecule has 3 heterocycles. The number of nitrogens with one attached hydrogen (secondary N) is 2. The van der Waals surface area contributed by atoms with E-state index in [4.69, 9.17) is 14.2 Å². The van der Waals surface area contributed by atoms with Crippen LogP contribution in [0.1, 0.15) is 12.0 Å². The lowest BCUT2D eigenvalue weighted by Gasteiger charge is -2.15. The molecule has 1 saturated heterocycles. The first kappa shape index (κ1) is 18.4. The van der Waals surface area contributed by atoms with E-state index in [1.165, 1.54) is 7.11 Å². The molecule has 1 atom stereocenters. The molecule has 7 nitrogen and oxygen atoms in total. The largest absolute Gasteiger partial charge is 0.495 e. The van der Waals surface area contributed by atoms with E-state index in [-0.39, 0.29) is 29.0 Å². The van der Waals surface area contributed by atoms with Gasteiger partial charge in [0.15, 0.2) is 0 Å². The average Bonchev–Trinajstić information content (AvgIpc) is 3.31. The molecule has 1 aromatic carbocycles. The van der Waals surface area contributed by atoms with E-state index in [0.29, 0.717) is 31.1 Å². The third kappa shape index (κ3) is 3.55. The van der Waals surface area contributed by atoms with Crippen LogP contribution in [0.5, 0.6) is 11.6 Å². The van der Waals surface area contributed by atoms with Crippen LogP contribution in [0.15, 0.2) is 30.5 Å². The second kappa shape index (κ2) is 7.19. The number of fused-ring (bicyclic) bond motifs is 1. The molecule has 0 bridgehead atoms. The first-order valence-corrected chi connectivity index (χ1v) is 8.56. The van der Waals surface area contributed by atoms with Crippen molar-refractivity contribution >= 4 is 22.7 Å². The second-order valence-corrected chi connectivity index (χ2v) is 6.20. The predicted octanol–water partition coefficient (Wildman–Crippen LogP) is 3.90. The fourth-order valence-corrected chi connectivity index (χ4v) is 3.00. The van der Waals surface area contributed by atoms with Gasteiger partial charge in [-0.15, -0.1) is 0 Å². The lowest BCUT2D eigenvalue weighted by Crippen LogP contribution is -2.18. The van der Waals surface area contributed by atoms with Crippen molar-refractivity contribution in [3.05, 3.63) is 36.0 Å². The highest BCUT2D eigenvalue weighted by atomic mass is 19.4. The maximum atomic E-state index is 13.4. The van der Waals surface area contributed by atoms with Gasteiger partial charge in [-0.3, -0.25) is 0 Å². The zero-order valence-electron chi connectivity index (χ0n) is 14.8. The summed E-state index contributed by atoms with van der Waals surface area (Å²) in [6.45, 7) is 0.789. The molecule has 1 aliphatic rings. The standard InChI is InChI=1S/C18H17F3N4O3/c1-26-13-5-3-2-4-12(13)23-17-24-15-14(11(8-22-15)18(19,20)21)16(25-17)28-10-6-7-27-9-10/h2-5,8,10H,6-7,9H2,1H3,(H2,22,23,24,25). The molecule has 10 heteroatoms. The number of benzene rings is 1. The molecule has 0 aliphatic carbocycles. The van der Waals surface area contributed by atoms with Crippen molar-refractivity contribution in [2.24, 2.45) is 0 Å². The third-order valence-electron chi connectivity index (χ3n) is 4.32. The SMILES string of the molecule is COc1ccccc1Nc1nc(OC2CCOC2)c2c(C(F)(F)F)c[nH]c2n1. The molecule has 0 radical (unpaired) electrons. The summed E-state index contributed by atoms with van der Waals surface area (Å²) in [6, 6.07) is 7.06. The first-order chi connectivity index (χ1) is 13.5. The molecular formula is C18H17F3N4O3. The number of ether oxygens (including phenoxy) is 3. The predicted molar refractivity (Wildman–Crippen MR) is 95.0 cm³/mol. The van der Waals surface area contributed by atoms with Crippen LogP contribution >= 0.6 is 0 Å². The van der Waals surface area contributed by atoms with Crippen LogP contribution in [0.25, 0.3) is 11.0 Å². The molecule has 3 aromatic rings. The Bertz CT molecular complexity index is 984. The van der Waals surface area contributed by atoms with Gasteiger partial charge in [0.1, 0.15) is 17.5 Å². The first-order valence-electron chi connectivity index (χ1n) is 8.56. The van der Waals surface area contributed by atoms with Crippen LogP contribution in [0.4, 0.5) is 24.8 Å². The highest BCUT2D eigenvalue weighted by Crippen LogP contribution is 2.39. The summed E-state index contributed by atoms with van der Waals surface area (Å²) in [4.78, 5) is 10.9. The Kier molecular flexibility index (Phi) is 4.71. The van der Waals surface area contributed by atoms with Crippen molar-refractivity contribution in [2.75, 3.05) is 25.6 Å². The Balaban J connectivity index is 1.78. The fourth-order valence-electron chi connectivity index (χ4n) is 3.00. The number of aromatic nitrogens is 3. The number of rotatable bonds is 5. The third-order valence-corrected chi connectivity index (χ3v) is 4.32. The maximum absolute atomic E-state index is 13.4. The molecule has 2 N–H and O–H groups in total. The van der Waals surface area contributed by atoms with Gasteiger partial charge in [-0.1, -0.05) is 12.1 Å². The summed E-state index contributed by atoms with van der Waals surface area (Å²) >= 11 is 0. The zero-order valence-corrected chi connectivity index (χ0v) is 14.8. The Morgan fingerprint density at radius 3 is 2.79 bits per heavy atom. The molecule has 1 unspecified atom stereocenters. The van der Waals surface area contributed by atoms with Crippen LogP contribution in [0.2, 0.25) is 0 Å². The van der Waals surface area contributed by atoms with Crippen molar-refractivity contribution in [1.29, 1.82) is 0 Å². The van der Waals surface area contributed by atoms with Gasteiger partial charge in [0.25, 0.3) is 0 Å². The summed E-state index contributed by atoms with van der Waals surface area (Å²) < 4.78 is 56.5. The summed E-state index contributed by atoms with van der Waals surface area (Å²) in [6.07, 6.45) is -3.49. The van der Waals surface area contributed by atoms with Gasteiger partial charge in [0, 0.05) is 12.6 Å². The monoisotopic (exact) mass is 394 g/mol. The average molecular weight is 394 g/mol. The van der Waals surface area contributed by atoms with Gasteiger partial charge in [0.05, 0.1) is 37.0 Å². The van der Waals surface area contributed by atoms with Crippen LogP contribution in [-0.4, -0.2) is 41.4 Å². The molecule has 0 saturated carbocycles. The minimum atomic E-state index is -4.57. The van der Waals surface area contributed by atoms with Gasteiger partial charge >= 0.3 is 6.18 Å². The number of methoxy groups -OCH3 is 1. The fraction of sp³-hybridized carbons (Fsp3) is 0.333. The van der Waals surface area contributed by atoms with E-state index < -0.39 is 11.7 Å². The van der Waals surface area contributed by atoms with Gasteiger partial charge in [0.2, 0.25) is 11.8 Å². The summed E-state index contributed by atoms with van der Waals surface area (Å²) in [5, 5.41) is 2.77. The Hall–Kier alpha value is -3.01. The van der Waals surface area contributed by atoms with E-state index in [1.807, 2.05) is 0 Å². The molecule has 4 rings (SSSR count). The van der Waals surface area contributed by atoms with Gasteiger partial charge < -0.3 is 24.5 Å². The number of alkyl halides is 3. The molecule has 1 fully saturated rings. The quantitative estimate of drug-likeness (QED) is 0.683. The summed E-state index contributed by atoms with van der Waals surface area (Å²) in [7, 11) is 1.51. The van der Waals surface area contributed by atoms with E-state index >= 15 is 0 Å². The molecule has 2 aromatic heterocycles. The number of H-pyrrole nitrogens is 1. The number of nitrogens with zero attached hydrogens (tertiary/aromatic N) is 2. The van der Waals surface area contributed by atoms with Crippen molar-refractivity contribution in [3.63, 3.8) is 0 Å². The summed E-state index contributed by atoms with van der Waals surface area (Å²) in [5.74, 6) is 0.480. The number of anilines is 2. The molecule has 148 valence electrons. The lowest BCUT2D eigenvalue weighted by molar-refractivity contribution is -0.136. The van der Waals surface area contributed by atoms with Crippen molar-refractivity contribution in [1.82, 2.24) is 15.0 Å². The van der Waals surface area contributed by atoms with E-state index in [0.717, 1.165) is 6.20 Å². The zero-order chi connectivity index (χ0) is 19.7. The van der Waals surface area contributed by atoms with E-state index in [9.17, 15) is 13.2 Å². The number of para-hydroxylation sites is 2. The molecule has 28 heavy (non-hydrogen) atoms. The van der Waals surface area contributed by atoms with Crippen molar-refractivity contribution < 1.29 is 27.4 Å². The number of aromatic amines is 1. The van der Waals surface area contributed by atoms with Crippen LogP contribution in [0.3, 0.4) is 0 Å². The molecule has 0 spiro atoms. The van der Waals surface area contributed by atoms with Crippen LogP contribution in [-0.2, 0) is 10.9 Å². The second-order valence-electron chi connectivity index (χ2n) is 6.20. The minimum absolute atomic E-state index is 0.0219.